The van der Waals surface area contributed by atoms with E-state index in [2.05, 4.69) is 15.0 Å². The van der Waals surface area contributed by atoms with Crippen LogP contribution in [0.4, 0.5) is 5.69 Å². The maximum absolute atomic E-state index is 11.9. The first-order valence-electron chi connectivity index (χ1n) is 4.68. The van der Waals surface area contributed by atoms with Crippen molar-refractivity contribution in [1.29, 1.82) is 0 Å². The topological polar surface area (TPSA) is 53.5 Å². The first kappa shape index (κ1) is 13.1. The predicted molar refractivity (Wildman–Crippen MR) is 72.4 cm³/mol. The molecule has 4 nitrogen and oxygen atoms in total. The molecule has 1 rings (SSSR count). The zero-order chi connectivity index (χ0) is 12.0. The highest BCUT2D eigenvalue weighted by Crippen LogP contribution is 2.11. The van der Waals surface area contributed by atoms with Crippen molar-refractivity contribution in [3.05, 3.63) is 24.3 Å². The average Bonchev–Trinajstić information content (AvgIpc) is 2.35. The summed E-state index contributed by atoms with van der Waals surface area (Å²) in [5.74, 6) is 0. The van der Waals surface area contributed by atoms with Gasteiger partial charge in [-0.15, -0.1) is 0 Å². The van der Waals surface area contributed by atoms with Crippen molar-refractivity contribution in [2.75, 3.05) is 25.7 Å². The van der Waals surface area contributed by atoms with Gasteiger partial charge in [-0.3, -0.25) is 9.71 Å². The van der Waals surface area contributed by atoms with E-state index in [1.165, 1.54) is 11.8 Å². The molecule has 1 aromatic rings. The molecule has 0 radical (unpaired) electrons. The summed E-state index contributed by atoms with van der Waals surface area (Å²) in [4.78, 5) is 4.70. The third kappa shape index (κ3) is 3.53. The van der Waals surface area contributed by atoms with Gasteiger partial charge in [0, 0.05) is 19.8 Å². The molecule has 1 aromatic carbocycles. The SMILES string of the molecule is CN=C(NS(=O)c1ccc(NC)cc1)SC. The fourth-order valence-corrected chi connectivity index (χ4v) is 2.56. The van der Waals surface area contributed by atoms with E-state index in [-0.39, 0.29) is 0 Å². The monoisotopic (exact) mass is 257 g/mol. The fraction of sp³-hybridized carbons (Fsp3) is 0.300. The molecule has 0 spiro atoms. The molecule has 0 aliphatic rings. The molecule has 0 fully saturated rings. The van der Waals surface area contributed by atoms with Crippen molar-refractivity contribution in [1.82, 2.24) is 4.72 Å². The van der Waals surface area contributed by atoms with Crippen LogP contribution in [0, 0.1) is 0 Å². The molecule has 16 heavy (non-hydrogen) atoms. The Morgan fingerprint density at radius 2 is 2.00 bits per heavy atom. The Morgan fingerprint density at radius 1 is 1.38 bits per heavy atom. The van der Waals surface area contributed by atoms with Crippen LogP contribution < -0.4 is 10.0 Å². The van der Waals surface area contributed by atoms with Crippen LogP contribution in [-0.4, -0.2) is 29.7 Å². The summed E-state index contributed by atoms with van der Waals surface area (Å²) >= 11 is 1.43. The second-order valence-electron chi connectivity index (χ2n) is 2.88. The highest BCUT2D eigenvalue weighted by atomic mass is 32.2. The molecule has 6 heteroatoms. The average molecular weight is 257 g/mol. The van der Waals surface area contributed by atoms with Crippen LogP contribution in [0.25, 0.3) is 0 Å². The maximum Gasteiger partial charge on any atom is 0.168 e. The Bertz CT molecular complexity index is 390. The minimum atomic E-state index is -1.25. The molecule has 0 aromatic heterocycles. The van der Waals surface area contributed by atoms with Crippen molar-refractivity contribution in [3.63, 3.8) is 0 Å². The zero-order valence-corrected chi connectivity index (χ0v) is 11.1. The maximum atomic E-state index is 11.9. The van der Waals surface area contributed by atoms with Gasteiger partial charge in [0.1, 0.15) is 0 Å². The number of nitrogens with zero attached hydrogens (tertiary/aromatic N) is 1. The predicted octanol–water partition coefficient (Wildman–Crippen LogP) is 1.69. The van der Waals surface area contributed by atoms with E-state index in [9.17, 15) is 4.21 Å². The second kappa shape index (κ2) is 6.55. The first-order valence-corrected chi connectivity index (χ1v) is 7.05. The van der Waals surface area contributed by atoms with E-state index < -0.39 is 11.0 Å². The first-order chi connectivity index (χ1) is 7.71. The number of benzene rings is 1. The lowest BCUT2D eigenvalue weighted by Crippen LogP contribution is -2.22. The third-order valence-corrected chi connectivity index (χ3v) is 3.81. The second-order valence-corrected chi connectivity index (χ2v) is 4.89. The number of anilines is 1. The summed E-state index contributed by atoms with van der Waals surface area (Å²) in [6.07, 6.45) is 1.89. The standard InChI is InChI=1S/C10H15N3OS2/c1-11-8-4-6-9(7-5-8)16(14)13-10(12-2)15-3/h4-7,11H,1-3H3,(H,12,13). The number of amidine groups is 1. The van der Waals surface area contributed by atoms with E-state index in [4.69, 9.17) is 0 Å². The van der Waals surface area contributed by atoms with Crippen LogP contribution in [0.15, 0.2) is 34.2 Å². The van der Waals surface area contributed by atoms with Crippen LogP contribution in [0.1, 0.15) is 0 Å². The van der Waals surface area contributed by atoms with Gasteiger partial charge < -0.3 is 5.32 Å². The normalized spacial score (nSPS) is 13.3. The summed E-state index contributed by atoms with van der Waals surface area (Å²) < 4.78 is 14.7. The van der Waals surface area contributed by atoms with Crippen molar-refractivity contribution >= 4 is 33.6 Å². The Kier molecular flexibility index (Phi) is 5.34. The summed E-state index contributed by atoms with van der Waals surface area (Å²) in [6.45, 7) is 0. The van der Waals surface area contributed by atoms with Crippen LogP contribution in [0.2, 0.25) is 0 Å². The molecule has 0 aliphatic carbocycles. The molecule has 0 saturated heterocycles. The molecule has 88 valence electrons. The van der Waals surface area contributed by atoms with Gasteiger partial charge in [-0.2, -0.15) is 0 Å². The van der Waals surface area contributed by atoms with Crippen molar-refractivity contribution in [2.24, 2.45) is 4.99 Å². The molecule has 0 aliphatic heterocycles. The van der Waals surface area contributed by atoms with Gasteiger partial charge in [0.15, 0.2) is 16.2 Å². The fourth-order valence-electron chi connectivity index (χ4n) is 1.06. The number of hydrogen-bond acceptors (Lipinski definition) is 4. The van der Waals surface area contributed by atoms with E-state index in [1.54, 1.807) is 7.05 Å². The van der Waals surface area contributed by atoms with Gasteiger partial charge in [-0.05, 0) is 30.5 Å². The molecule has 0 heterocycles. The molecule has 2 N–H and O–H groups in total. The number of aliphatic imine (C=N–C) groups is 1. The molecule has 0 amide bonds. The Balaban J connectivity index is 2.73. The summed E-state index contributed by atoms with van der Waals surface area (Å²) in [5, 5.41) is 3.67. The Morgan fingerprint density at radius 3 is 2.44 bits per heavy atom. The minimum absolute atomic E-state index is 0.663. The van der Waals surface area contributed by atoms with Crippen molar-refractivity contribution in [3.8, 4) is 0 Å². The lowest BCUT2D eigenvalue weighted by atomic mass is 10.3. The van der Waals surface area contributed by atoms with Crippen molar-refractivity contribution in [2.45, 2.75) is 4.90 Å². The Hall–Kier alpha value is -1.01. The largest absolute Gasteiger partial charge is 0.388 e. The van der Waals surface area contributed by atoms with E-state index >= 15 is 0 Å². The number of thioether (sulfide) groups is 1. The lowest BCUT2D eigenvalue weighted by Gasteiger charge is -2.07. The minimum Gasteiger partial charge on any atom is -0.388 e. The Labute approximate surface area is 103 Å². The third-order valence-electron chi connectivity index (χ3n) is 1.93. The number of rotatable bonds is 3. The van der Waals surface area contributed by atoms with Crippen LogP contribution in [-0.2, 0) is 11.0 Å². The van der Waals surface area contributed by atoms with E-state index in [0.717, 1.165) is 10.6 Å². The highest BCUT2D eigenvalue weighted by Gasteiger charge is 2.05. The van der Waals surface area contributed by atoms with Gasteiger partial charge in [0.25, 0.3) is 0 Å². The number of hydrogen-bond donors (Lipinski definition) is 2. The lowest BCUT2D eigenvalue weighted by molar-refractivity contribution is 0.681. The van der Waals surface area contributed by atoms with Crippen molar-refractivity contribution < 1.29 is 4.21 Å². The summed E-state index contributed by atoms with van der Waals surface area (Å²) in [7, 11) is 2.26. The van der Waals surface area contributed by atoms with Crippen LogP contribution >= 0.6 is 11.8 Å². The van der Waals surface area contributed by atoms with Gasteiger partial charge in [-0.1, -0.05) is 11.8 Å². The highest BCUT2D eigenvalue weighted by molar-refractivity contribution is 8.14. The molecular formula is C10H15N3OS2. The van der Waals surface area contributed by atoms with Crippen LogP contribution in [0.5, 0.6) is 0 Å². The van der Waals surface area contributed by atoms with Gasteiger partial charge >= 0.3 is 0 Å². The zero-order valence-electron chi connectivity index (χ0n) is 9.48. The molecular weight excluding hydrogens is 242 g/mol. The van der Waals surface area contributed by atoms with Crippen LogP contribution in [0.3, 0.4) is 0 Å². The molecule has 1 unspecified atom stereocenters. The van der Waals surface area contributed by atoms with Gasteiger partial charge in [-0.25, -0.2) is 4.21 Å². The van der Waals surface area contributed by atoms with Gasteiger partial charge in [0.2, 0.25) is 0 Å². The van der Waals surface area contributed by atoms with Gasteiger partial charge in [0.05, 0.1) is 4.90 Å². The summed E-state index contributed by atoms with van der Waals surface area (Å²) in [5.41, 5.74) is 0.995. The summed E-state index contributed by atoms with van der Waals surface area (Å²) in [6, 6.07) is 7.42. The molecule has 0 bridgehead atoms. The molecule has 1 atom stereocenters. The van der Waals surface area contributed by atoms with E-state index in [1.807, 2.05) is 37.6 Å². The smallest absolute Gasteiger partial charge is 0.168 e. The number of nitrogens with one attached hydrogen (secondary N) is 2. The van der Waals surface area contributed by atoms with E-state index in [0.29, 0.717) is 5.17 Å². The molecule has 0 saturated carbocycles. The quantitative estimate of drug-likeness (QED) is 0.640.